The van der Waals surface area contributed by atoms with E-state index in [9.17, 15) is 14.0 Å². The van der Waals surface area contributed by atoms with Crippen LogP contribution in [0.3, 0.4) is 0 Å². The summed E-state index contributed by atoms with van der Waals surface area (Å²) in [5.74, 6) is -2.28. The van der Waals surface area contributed by atoms with Crippen molar-refractivity contribution in [2.24, 2.45) is 0 Å². The van der Waals surface area contributed by atoms with Gasteiger partial charge in [-0.3, -0.25) is 4.79 Å². The van der Waals surface area contributed by atoms with Crippen molar-refractivity contribution in [3.63, 3.8) is 0 Å². The number of esters is 1. The number of ether oxygens (including phenoxy) is 1. The lowest BCUT2D eigenvalue weighted by Crippen LogP contribution is -2.17. The highest BCUT2D eigenvalue weighted by Gasteiger charge is 2.28. The molecule has 0 fully saturated rings. The molecule has 7 heteroatoms. The number of anilines is 1. The van der Waals surface area contributed by atoms with E-state index < -0.39 is 17.7 Å². The van der Waals surface area contributed by atoms with Crippen LogP contribution < -0.4 is 5.73 Å². The van der Waals surface area contributed by atoms with Gasteiger partial charge in [0.2, 0.25) is 0 Å². The van der Waals surface area contributed by atoms with Gasteiger partial charge in [0.15, 0.2) is 5.82 Å². The van der Waals surface area contributed by atoms with Gasteiger partial charge in [-0.25, -0.2) is 9.18 Å². The number of aromatic nitrogens is 2. The summed E-state index contributed by atoms with van der Waals surface area (Å²) < 4.78 is 20.0. The highest BCUT2D eigenvalue weighted by molar-refractivity contribution is 6.06. The minimum atomic E-state index is -0.732. The average molecular weight is 353 g/mol. The van der Waals surface area contributed by atoms with Gasteiger partial charge in [-0.05, 0) is 19.1 Å². The topological polar surface area (TPSA) is 87.2 Å². The van der Waals surface area contributed by atoms with Gasteiger partial charge in [0.05, 0.1) is 17.9 Å². The lowest BCUT2D eigenvalue weighted by molar-refractivity contribution is 0.0528. The summed E-state index contributed by atoms with van der Waals surface area (Å²) in [5.41, 5.74) is 6.38. The molecule has 0 saturated heterocycles. The molecule has 132 valence electrons. The zero-order chi connectivity index (χ0) is 18.7. The number of hydrogen-bond donors (Lipinski definition) is 1. The Morgan fingerprint density at radius 2 is 1.77 bits per heavy atom. The standard InChI is InChI=1S/C19H16FN3O3/c1-2-26-19(25)15-16(12-8-4-3-5-9-12)23(22-17(15)21)18(24)13-10-6-7-11-14(13)20/h3-11H,2H2,1H3,(H2,21,22). The van der Waals surface area contributed by atoms with Crippen molar-refractivity contribution >= 4 is 17.7 Å². The summed E-state index contributed by atoms with van der Waals surface area (Å²) in [4.78, 5) is 25.2. The van der Waals surface area contributed by atoms with Gasteiger partial charge in [0.1, 0.15) is 11.4 Å². The Balaban J connectivity index is 2.23. The molecule has 0 aliphatic carbocycles. The van der Waals surface area contributed by atoms with E-state index in [0.29, 0.717) is 5.56 Å². The third-order valence-electron chi connectivity index (χ3n) is 3.74. The molecular weight excluding hydrogens is 337 g/mol. The molecule has 0 saturated carbocycles. The Hall–Kier alpha value is -3.48. The Morgan fingerprint density at radius 1 is 1.12 bits per heavy atom. The second kappa shape index (κ2) is 7.18. The van der Waals surface area contributed by atoms with E-state index in [0.717, 1.165) is 4.68 Å². The molecule has 2 N–H and O–H groups in total. The molecule has 0 atom stereocenters. The van der Waals surface area contributed by atoms with Gasteiger partial charge in [0, 0.05) is 5.56 Å². The first-order chi connectivity index (χ1) is 12.5. The molecule has 0 bridgehead atoms. The molecule has 1 heterocycles. The predicted molar refractivity (Wildman–Crippen MR) is 94.2 cm³/mol. The van der Waals surface area contributed by atoms with E-state index in [1.807, 2.05) is 0 Å². The van der Waals surface area contributed by atoms with Crippen LogP contribution in [0.2, 0.25) is 0 Å². The van der Waals surface area contributed by atoms with Crippen LogP contribution in [-0.2, 0) is 4.74 Å². The molecule has 1 aromatic heterocycles. The number of nitrogen functional groups attached to an aromatic ring is 1. The Labute approximate surface area is 149 Å². The number of nitrogens with two attached hydrogens (primary N) is 1. The monoisotopic (exact) mass is 353 g/mol. The summed E-state index contributed by atoms with van der Waals surface area (Å²) in [7, 11) is 0. The second-order valence-electron chi connectivity index (χ2n) is 5.39. The second-order valence-corrected chi connectivity index (χ2v) is 5.39. The van der Waals surface area contributed by atoms with E-state index in [1.165, 1.54) is 24.3 Å². The Kier molecular flexibility index (Phi) is 4.79. The number of hydrogen-bond acceptors (Lipinski definition) is 5. The summed E-state index contributed by atoms with van der Waals surface area (Å²) in [6.07, 6.45) is 0. The molecule has 0 aliphatic rings. The molecule has 2 aromatic carbocycles. The van der Waals surface area contributed by atoms with Gasteiger partial charge in [-0.2, -0.15) is 4.68 Å². The summed E-state index contributed by atoms with van der Waals surface area (Å²) in [6.45, 7) is 1.80. The van der Waals surface area contributed by atoms with E-state index >= 15 is 0 Å². The normalized spacial score (nSPS) is 10.5. The van der Waals surface area contributed by atoms with Crippen molar-refractivity contribution in [2.45, 2.75) is 6.92 Å². The first-order valence-corrected chi connectivity index (χ1v) is 7.94. The maximum absolute atomic E-state index is 14.1. The van der Waals surface area contributed by atoms with Crippen LogP contribution in [0, 0.1) is 5.82 Å². The van der Waals surface area contributed by atoms with Gasteiger partial charge in [-0.1, -0.05) is 42.5 Å². The number of halogens is 1. The molecule has 0 spiro atoms. The van der Waals surface area contributed by atoms with Gasteiger partial charge >= 0.3 is 5.97 Å². The first-order valence-electron chi connectivity index (χ1n) is 7.94. The number of nitrogens with zero attached hydrogens (tertiary/aromatic N) is 2. The molecule has 0 radical (unpaired) electrons. The van der Waals surface area contributed by atoms with Crippen molar-refractivity contribution < 1.29 is 18.7 Å². The molecule has 26 heavy (non-hydrogen) atoms. The molecule has 0 aliphatic heterocycles. The zero-order valence-electron chi connectivity index (χ0n) is 14.0. The van der Waals surface area contributed by atoms with Crippen molar-refractivity contribution in [2.75, 3.05) is 12.3 Å². The van der Waals surface area contributed by atoms with Crippen molar-refractivity contribution in [1.82, 2.24) is 9.78 Å². The lowest BCUT2D eigenvalue weighted by Gasteiger charge is -2.09. The van der Waals surface area contributed by atoms with Gasteiger partial charge in [0.25, 0.3) is 5.91 Å². The number of rotatable bonds is 4. The first kappa shape index (κ1) is 17.3. The van der Waals surface area contributed by atoms with Gasteiger partial charge < -0.3 is 10.5 Å². The Bertz CT molecular complexity index is 967. The van der Waals surface area contributed by atoms with Crippen LogP contribution in [0.4, 0.5) is 10.2 Å². The predicted octanol–water partition coefficient (Wildman–Crippen LogP) is 3.14. The van der Waals surface area contributed by atoms with Crippen molar-refractivity contribution in [1.29, 1.82) is 0 Å². The van der Waals surface area contributed by atoms with Crippen LogP contribution in [0.15, 0.2) is 54.6 Å². The fraction of sp³-hybridized carbons (Fsp3) is 0.105. The fourth-order valence-electron chi connectivity index (χ4n) is 2.60. The van der Waals surface area contributed by atoms with E-state index in [1.54, 1.807) is 37.3 Å². The third-order valence-corrected chi connectivity index (χ3v) is 3.74. The molecule has 3 rings (SSSR count). The van der Waals surface area contributed by atoms with Crippen LogP contribution in [0.25, 0.3) is 11.3 Å². The van der Waals surface area contributed by atoms with E-state index in [4.69, 9.17) is 10.5 Å². The van der Waals surface area contributed by atoms with Crippen LogP contribution in [-0.4, -0.2) is 28.3 Å². The molecule has 0 amide bonds. The molecule has 6 nitrogen and oxygen atoms in total. The van der Waals surface area contributed by atoms with Gasteiger partial charge in [-0.15, -0.1) is 5.10 Å². The quantitative estimate of drug-likeness (QED) is 0.728. The van der Waals surface area contributed by atoms with Crippen LogP contribution in [0.1, 0.15) is 27.6 Å². The highest BCUT2D eigenvalue weighted by Crippen LogP contribution is 2.29. The fourth-order valence-corrected chi connectivity index (χ4v) is 2.60. The van der Waals surface area contributed by atoms with Crippen LogP contribution >= 0.6 is 0 Å². The van der Waals surface area contributed by atoms with E-state index in [-0.39, 0.29) is 29.2 Å². The third kappa shape index (κ3) is 3.06. The minimum Gasteiger partial charge on any atom is -0.462 e. The molecule has 3 aromatic rings. The van der Waals surface area contributed by atoms with Crippen molar-refractivity contribution in [3.05, 3.63) is 71.5 Å². The number of carbonyl (C=O) groups excluding carboxylic acids is 2. The number of carbonyl (C=O) groups is 2. The summed E-state index contributed by atoms with van der Waals surface area (Å²) in [6, 6.07) is 14.2. The average Bonchev–Trinajstić information content (AvgIpc) is 3.00. The van der Waals surface area contributed by atoms with Crippen molar-refractivity contribution in [3.8, 4) is 11.3 Å². The largest absolute Gasteiger partial charge is 0.462 e. The molecular formula is C19H16FN3O3. The van der Waals surface area contributed by atoms with E-state index in [2.05, 4.69) is 5.10 Å². The highest BCUT2D eigenvalue weighted by atomic mass is 19.1. The maximum atomic E-state index is 14.1. The smallest absolute Gasteiger partial charge is 0.344 e. The lowest BCUT2D eigenvalue weighted by atomic mass is 10.1. The Morgan fingerprint density at radius 3 is 2.42 bits per heavy atom. The summed E-state index contributed by atoms with van der Waals surface area (Å²) >= 11 is 0. The molecule has 0 unspecified atom stereocenters. The zero-order valence-corrected chi connectivity index (χ0v) is 14.0. The summed E-state index contributed by atoms with van der Waals surface area (Å²) in [5, 5.41) is 3.99. The number of benzene rings is 2. The minimum absolute atomic E-state index is 0.0252. The van der Waals surface area contributed by atoms with Crippen LogP contribution in [0.5, 0.6) is 0 Å². The SMILES string of the molecule is CCOC(=O)c1c(N)nn(C(=O)c2ccccc2F)c1-c1ccccc1. The maximum Gasteiger partial charge on any atom is 0.344 e.